The molecule has 0 aliphatic carbocycles. The Morgan fingerprint density at radius 1 is 1.07 bits per heavy atom. The van der Waals surface area contributed by atoms with E-state index in [1.165, 1.54) is 17.8 Å². The molecule has 0 spiro atoms. The molecule has 0 fully saturated rings. The van der Waals surface area contributed by atoms with Crippen molar-refractivity contribution in [3.63, 3.8) is 0 Å². The van der Waals surface area contributed by atoms with Gasteiger partial charge in [0.1, 0.15) is 11.9 Å². The molecule has 2 aromatic rings. The Bertz CT molecular complexity index is 857. The third kappa shape index (κ3) is 6.87. The van der Waals surface area contributed by atoms with Crippen molar-refractivity contribution in [3.8, 4) is 0 Å². The Morgan fingerprint density at radius 2 is 1.70 bits per heavy atom. The third-order valence-electron chi connectivity index (χ3n) is 4.86. The topological polar surface area (TPSA) is 49.4 Å². The first kappa shape index (κ1) is 23.9. The summed E-state index contributed by atoms with van der Waals surface area (Å²) in [6.45, 7) is 8.09. The molecule has 6 heteroatoms. The highest BCUT2D eigenvalue weighted by molar-refractivity contribution is 7.99. The van der Waals surface area contributed by atoms with Crippen molar-refractivity contribution in [2.24, 2.45) is 0 Å². The molecule has 4 nitrogen and oxygen atoms in total. The average Bonchev–Trinajstić information content (AvgIpc) is 2.70. The molecule has 1 N–H and O–H groups in total. The predicted molar refractivity (Wildman–Crippen MR) is 122 cm³/mol. The van der Waals surface area contributed by atoms with Crippen LogP contribution in [-0.4, -0.2) is 34.6 Å². The second-order valence-electron chi connectivity index (χ2n) is 7.62. The number of rotatable bonds is 10. The van der Waals surface area contributed by atoms with Gasteiger partial charge in [-0.3, -0.25) is 9.59 Å². The summed E-state index contributed by atoms with van der Waals surface area (Å²) in [6, 6.07) is 13.9. The lowest BCUT2D eigenvalue weighted by atomic mass is 10.1. The maximum atomic E-state index is 13.9. The number of halogens is 1. The molecular formula is C24H31FN2O2S. The van der Waals surface area contributed by atoms with E-state index in [0.29, 0.717) is 24.3 Å². The summed E-state index contributed by atoms with van der Waals surface area (Å²) in [5.41, 5.74) is 2.67. The molecule has 0 unspecified atom stereocenters. The molecule has 1 atom stereocenters. The minimum atomic E-state index is -0.548. The first-order valence-corrected chi connectivity index (χ1v) is 11.4. The Hall–Kier alpha value is -2.34. The van der Waals surface area contributed by atoms with E-state index in [9.17, 15) is 14.0 Å². The maximum absolute atomic E-state index is 13.9. The average molecular weight is 431 g/mol. The highest BCUT2D eigenvalue weighted by Crippen LogP contribution is 2.20. The molecule has 2 amide bonds. The zero-order valence-electron chi connectivity index (χ0n) is 18.2. The molecule has 0 aliphatic heterocycles. The molecule has 0 heterocycles. The number of nitrogens with zero attached hydrogens (tertiary/aromatic N) is 1. The number of hydrogen-bond donors (Lipinski definition) is 1. The Labute approximate surface area is 183 Å². The van der Waals surface area contributed by atoms with Gasteiger partial charge in [0.2, 0.25) is 11.8 Å². The van der Waals surface area contributed by atoms with Crippen LogP contribution in [0.1, 0.15) is 43.9 Å². The highest BCUT2D eigenvalue weighted by atomic mass is 32.2. The minimum Gasteiger partial charge on any atom is -0.352 e. The van der Waals surface area contributed by atoms with Crippen molar-refractivity contribution in [1.82, 2.24) is 10.2 Å². The minimum absolute atomic E-state index is 0.00241. The highest BCUT2D eigenvalue weighted by Gasteiger charge is 2.29. The quantitative estimate of drug-likeness (QED) is 0.594. The van der Waals surface area contributed by atoms with Gasteiger partial charge >= 0.3 is 0 Å². The summed E-state index contributed by atoms with van der Waals surface area (Å²) in [7, 11) is 0. The van der Waals surface area contributed by atoms with Gasteiger partial charge in [-0.15, -0.1) is 11.8 Å². The van der Waals surface area contributed by atoms with Crippen LogP contribution in [-0.2, 0) is 21.9 Å². The number of nitrogens with one attached hydrogen (secondary N) is 1. The molecule has 2 rings (SSSR count). The predicted octanol–water partition coefficient (Wildman–Crippen LogP) is 4.70. The van der Waals surface area contributed by atoms with Gasteiger partial charge in [0.25, 0.3) is 0 Å². The van der Waals surface area contributed by atoms with Crippen LogP contribution in [0.3, 0.4) is 0 Å². The van der Waals surface area contributed by atoms with Gasteiger partial charge in [-0.2, -0.15) is 0 Å². The van der Waals surface area contributed by atoms with Gasteiger partial charge in [-0.25, -0.2) is 4.39 Å². The Kier molecular flexibility index (Phi) is 9.37. The zero-order valence-corrected chi connectivity index (χ0v) is 19.0. The van der Waals surface area contributed by atoms with E-state index in [1.807, 2.05) is 52.0 Å². The van der Waals surface area contributed by atoms with Crippen molar-refractivity contribution in [3.05, 3.63) is 71.0 Å². The van der Waals surface area contributed by atoms with Crippen LogP contribution in [0.15, 0.2) is 48.5 Å². The van der Waals surface area contributed by atoms with Gasteiger partial charge in [-0.1, -0.05) is 49.4 Å². The van der Waals surface area contributed by atoms with E-state index >= 15 is 0 Å². The lowest BCUT2D eigenvalue weighted by Gasteiger charge is -2.31. The second-order valence-corrected chi connectivity index (χ2v) is 8.61. The molecule has 0 aromatic heterocycles. The van der Waals surface area contributed by atoms with Crippen LogP contribution >= 0.6 is 11.8 Å². The summed E-state index contributed by atoms with van der Waals surface area (Å²) in [5.74, 6) is 0.0629. The van der Waals surface area contributed by atoms with E-state index in [1.54, 1.807) is 23.1 Å². The van der Waals surface area contributed by atoms with E-state index in [0.717, 1.165) is 11.1 Å². The molecule has 0 aliphatic rings. The summed E-state index contributed by atoms with van der Waals surface area (Å²) >= 11 is 1.36. The summed E-state index contributed by atoms with van der Waals surface area (Å²) in [5, 5.41) is 2.93. The lowest BCUT2D eigenvalue weighted by Crippen LogP contribution is -2.51. The van der Waals surface area contributed by atoms with Gasteiger partial charge < -0.3 is 10.2 Å². The van der Waals surface area contributed by atoms with E-state index in [-0.39, 0.29) is 29.4 Å². The molecule has 0 radical (unpaired) electrons. The molecule has 0 saturated heterocycles. The molecule has 2 aromatic carbocycles. The number of amides is 2. The number of carbonyl (C=O) groups excluding carboxylic acids is 2. The molecule has 0 saturated carbocycles. The van der Waals surface area contributed by atoms with Crippen LogP contribution in [0, 0.1) is 12.7 Å². The van der Waals surface area contributed by atoms with Gasteiger partial charge in [0.15, 0.2) is 0 Å². The standard InChI is InChI=1S/C24H31FN2O2S/c1-5-22(24(29)26-17(2)3)27(14-19-11-7-6-10-18(19)4)23(28)16-30-15-20-12-8-9-13-21(20)25/h6-13,17,22H,5,14-16H2,1-4H3,(H,26,29)/t22-/m1/s1. The maximum Gasteiger partial charge on any atom is 0.243 e. The fourth-order valence-corrected chi connectivity index (χ4v) is 4.11. The Morgan fingerprint density at radius 3 is 2.30 bits per heavy atom. The fourth-order valence-electron chi connectivity index (χ4n) is 3.22. The van der Waals surface area contributed by atoms with Gasteiger partial charge in [0.05, 0.1) is 5.75 Å². The number of carbonyl (C=O) groups is 2. The zero-order chi connectivity index (χ0) is 22.1. The summed E-state index contributed by atoms with van der Waals surface area (Å²) in [6.07, 6.45) is 0.522. The fraction of sp³-hybridized carbons (Fsp3) is 0.417. The van der Waals surface area contributed by atoms with Crippen LogP contribution in [0.4, 0.5) is 4.39 Å². The smallest absolute Gasteiger partial charge is 0.243 e. The molecule has 0 bridgehead atoms. The third-order valence-corrected chi connectivity index (χ3v) is 5.83. The molecule has 162 valence electrons. The molecule has 30 heavy (non-hydrogen) atoms. The van der Waals surface area contributed by atoms with E-state index in [4.69, 9.17) is 0 Å². The van der Waals surface area contributed by atoms with Crippen LogP contribution in [0.25, 0.3) is 0 Å². The second kappa shape index (κ2) is 11.7. The van der Waals surface area contributed by atoms with Gasteiger partial charge in [-0.05, 0) is 49.9 Å². The van der Waals surface area contributed by atoms with Crippen LogP contribution < -0.4 is 5.32 Å². The van der Waals surface area contributed by atoms with E-state index < -0.39 is 6.04 Å². The van der Waals surface area contributed by atoms with Crippen molar-refractivity contribution in [1.29, 1.82) is 0 Å². The summed E-state index contributed by atoms with van der Waals surface area (Å²) in [4.78, 5) is 27.6. The van der Waals surface area contributed by atoms with Crippen LogP contribution in [0.2, 0.25) is 0 Å². The van der Waals surface area contributed by atoms with Crippen molar-refractivity contribution < 1.29 is 14.0 Å². The van der Waals surface area contributed by atoms with Crippen molar-refractivity contribution in [2.45, 2.75) is 58.5 Å². The molecular weight excluding hydrogens is 399 g/mol. The lowest BCUT2D eigenvalue weighted by molar-refractivity contribution is -0.139. The first-order chi connectivity index (χ1) is 14.3. The summed E-state index contributed by atoms with van der Waals surface area (Å²) < 4.78 is 13.9. The Balaban J connectivity index is 2.16. The number of hydrogen-bond acceptors (Lipinski definition) is 3. The van der Waals surface area contributed by atoms with E-state index in [2.05, 4.69) is 5.32 Å². The SMILES string of the molecule is CC[C@H](C(=O)NC(C)C)N(Cc1ccccc1C)C(=O)CSCc1ccccc1F. The monoisotopic (exact) mass is 430 g/mol. The number of thioether (sulfide) groups is 1. The van der Waals surface area contributed by atoms with Crippen molar-refractivity contribution >= 4 is 23.6 Å². The number of benzene rings is 2. The normalized spacial score (nSPS) is 11.9. The largest absolute Gasteiger partial charge is 0.352 e. The number of aryl methyl sites for hydroxylation is 1. The first-order valence-electron chi connectivity index (χ1n) is 10.3. The van der Waals surface area contributed by atoms with Gasteiger partial charge in [0, 0.05) is 18.3 Å². The van der Waals surface area contributed by atoms with Crippen molar-refractivity contribution in [2.75, 3.05) is 5.75 Å². The van der Waals surface area contributed by atoms with Crippen LogP contribution in [0.5, 0.6) is 0 Å².